The highest BCUT2D eigenvalue weighted by Crippen LogP contribution is 2.24. The zero-order valence-corrected chi connectivity index (χ0v) is 13.7. The van der Waals surface area contributed by atoms with Crippen LogP contribution in [0.5, 0.6) is 11.6 Å². The van der Waals surface area contributed by atoms with E-state index in [0.717, 1.165) is 12.1 Å². The number of aryl methyl sites for hydroxylation is 1. The Morgan fingerprint density at radius 2 is 2.08 bits per heavy atom. The van der Waals surface area contributed by atoms with Crippen molar-refractivity contribution in [2.45, 2.75) is 19.9 Å². The summed E-state index contributed by atoms with van der Waals surface area (Å²) in [4.78, 5) is 16.1. The Morgan fingerprint density at radius 1 is 1.23 bits per heavy atom. The van der Waals surface area contributed by atoms with Gasteiger partial charge in [0.25, 0.3) is 0 Å². The van der Waals surface area contributed by atoms with Crippen LogP contribution in [0.3, 0.4) is 0 Å². The Morgan fingerprint density at radius 3 is 2.81 bits per heavy atom. The lowest BCUT2D eigenvalue weighted by molar-refractivity contribution is -0.120. The van der Waals surface area contributed by atoms with Crippen LogP contribution < -0.4 is 10.1 Å². The summed E-state index contributed by atoms with van der Waals surface area (Å²) in [5, 5.41) is 9.97. The van der Waals surface area contributed by atoms with Gasteiger partial charge in [0.2, 0.25) is 11.8 Å². The molecule has 0 aliphatic carbocycles. The summed E-state index contributed by atoms with van der Waals surface area (Å²) < 4.78 is 36.3. The van der Waals surface area contributed by atoms with Crippen molar-refractivity contribution in [2.24, 2.45) is 0 Å². The van der Waals surface area contributed by atoms with Crippen LogP contribution in [0.4, 0.5) is 8.78 Å². The van der Waals surface area contributed by atoms with E-state index in [2.05, 4.69) is 25.2 Å². The molecule has 134 valence electrons. The average Bonchev–Trinajstić information content (AvgIpc) is 3.02. The molecule has 3 rings (SSSR count). The van der Waals surface area contributed by atoms with Gasteiger partial charge < -0.3 is 10.1 Å². The number of halogens is 2. The maximum absolute atomic E-state index is 13.3. The van der Waals surface area contributed by atoms with Crippen molar-refractivity contribution in [3.63, 3.8) is 0 Å². The molecule has 7 nitrogen and oxygen atoms in total. The number of nitrogens with one attached hydrogen (secondary N) is 1. The number of amides is 1. The normalized spacial score (nSPS) is 10.6. The van der Waals surface area contributed by atoms with Crippen molar-refractivity contribution < 1.29 is 22.9 Å². The third kappa shape index (κ3) is 4.18. The van der Waals surface area contributed by atoms with Crippen molar-refractivity contribution in [1.82, 2.24) is 20.6 Å². The number of carbonyl (C=O) groups excluding carboxylic acids is 1. The van der Waals surface area contributed by atoms with Crippen molar-refractivity contribution >= 4 is 5.91 Å². The van der Waals surface area contributed by atoms with Crippen LogP contribution in [0, 0.1) is 18.6 Å². The van der Waals surface area contributed by atoms with E-state index in [4.69, 9.17) is 4.74 Å². The predicted octanol–water partition coefficient (Wildman–Crippen LogP) is 2.70. The average molecular weight is 360 g/mol. The number of hydrogen-bond acceptors (Lipinski definition) is 6. The van der Waals surface area contributed by atoms with Gasteiger partial charge in [-0.1, -0.05) is 16.4 Å². The van der Waals surface area contributed by atoms with Gasteiger partial charge in [0.05, 0.1) is 6.42 Å². The summed E-state index contributed by atoms with van der Waals surface area (Å²) >= 11 is 0. The lowest BCUT2D eigenvalue weighted by atomic mass is 10.2. The maximum atomic E-state index is 13.3. The monoisotopic (exact) mass is 360 g/mol. The second kappa shape index (κ2) is 7.68. The van der Waals surface area contributed by atoms with Crippen LogP contribution in [0.2, 0.25) is 0 Å². The fraction of sp³-hybridized carbons (Fsp3) is 0.176. The molecular formula is C17H14F2N4O3. The fourth-order valence-corrected chi connectivity index (χ4v) is 2.12. The van der Waals surface area contributed by atoms with E-state index in [0.29, 0.717) is 17.0 Å². The minimum Gasteiger partial charge on any atom is -0.439 e. The van der Waals surface area contributed by atoms with E-state index in [-0.39, 0.29) is 30.5 Å². The summed E-state index contributed by atoms with van der Waals surface area (Å²) in [5.74, 6) is -2.00. The highest BCUT2D eigenvalue weighted by atomic mass is 19.2. The van der Waals surface area contributed by atoms with Crippen molar-refractivity contribution in [3.05, 3.63) is 65.1 Å². The van der Waals surface area contributed by atoms with Gasteiger partial charge >= 0.3 is 0 Å². The minimum atomic E-state index is -1.02. The van der Waals surface area contributed by atoms with Gasteiger partial charge in [0, 0.05) is 24.4 Å². The number of rotatable bonds is 6. The number of carbonyl (C=O) groups is 1. The van der Waals surface area contributed by atoms with Crippen molar-refractivity contribution in [2.75, 3.05) is 0 Å². The Balaban J connectivity index is 1.66. The molecule has 1 N–H and O–H groups in total. The second-order valence-corrected chi connectivity index (χ2v) is 5.40. The fourth-order valence-electron chi connectivity index (χ4n) is 2.12. The first-order valence-corrected chi connectivity index (χ1v) is 7.64. The van der Waals surface area contributed by atoms with Gasteiger partial charge in [-0.3, -0.25) is 4.79 Å². The molecule has 0 bridgehead atoms. The van der Waals surface area contributed by atoms with Crippen LogP contribution in [-0.2, 0) is 17.8 Å². The van der Waals surface area contributed by atoms with E-state index in [1.807, 2.05) is 0 Å². The maximum Gasteiger partial charge on any atom is 0.226 e. The molecule has 2 heterocycles. The molecule has 0 unspecified atom stereocenters. The molecular weight excluding hydrogens is 346 g/mol. The van der Waals surface area contributed by atoms with Gasteiger partial charge in [-0.05, 0) is 25.1 Å². The molecule has 9 heteroatoms. The Hall–Kier alpha value is -3.36. The van der Waals surface area contributed by atoms with Gasteiger partial charge in [-0.2, -0.15) is 0 Å². The van der Waals surface area contributed by atoms with Gasteiger partial charge in [-0.25, -0.2) is 18.4 Å². The number of ether oxygens (including phenoxy) is 1. The molecule has 26 heavy (non-hydrogen) atoms. The summed E-state index contributed by atoms with van der Waals surface area (Å²) in [7, 11) is 0. The molecule has 0 aliphatic rings. The summed E-state index contributed by atoms with van der Waals surface area (Å²) in [6.07, 6.45) is 1.51. The first-order chi connectivity index (χ1) is 12.5. The second-order valence-electron chi connectivity index (χ2n) is 5.40. The van der Waals surface area contributed by atoms with Crippen LogP contribution in [0.1, 0.15) is 17.0 Å². The zero-order chi connectivity index (χ0) is 18.5. The Labute approximate surface area is 147 Å². The number of nitrogens with zero attached hydrogens (tertiary/aromatic N) is 3. The third-order valence-corrected chi connectivity index (χ3v) is 3.51. The SMILES string of the molecule is Cc1nonc1CC(=O)NCc1cccnc1Oc1ccc(F)c(F)c1. The topological polar surface area (TPSA) is 90.1 Å². The molecule has 1 amide bonds. The minimum absolute atomic E-state index is 0.0228. The summed E-state index contributed by atoms with van der Waals surface area (Å²) in [6, 6.07) is 6.54. The number of pyridine rings is 1. The summed E-state index contributed by atoms with van der Waals surface area (Å²) in [6.45, 7) is 1.82. The van der Waals surface area contributed by atoms with Crippen molar-refractivity contribution in [3.8, 4) is 11.6 Å². The summed E-state index contributed by atoms with van der Waals surface area (Å²) in [5.41, 5.74) is 1.57. The molecule has 0 aliphatic heterocycles. The van der Waals surface area contributed by atoms with E-state index in [9.17, 15) is 13.6 Å². The zero-order valence-electron chi connectivity index (χ0n) is 13.7. The molecule has 3 aromatic rings. The Kier molecular flexibility index (Phi) is 5.16. The van der Waals surface area contributed by atoms with Crippen LogP contribution >= 0.6 is 0 Å². The number of benzene rings is 1. The molecule has 0 atom stereocenters. The Bertz CT molecular complexity index is 930. The van der Waals surface area contributed by atoms with Gasteiger partial charge in [-0.15, -0.1) is 0 Å². The van der Waals surface area contributed by atoms with Gasteiger partial charge in [0.15, 0.2) is 11.6 Å². The molecule has 0 saturated heterocycles. The lowest BCUT2D eigenvalue weighted by Crippen LogP contribution is -2.25. The van der Waals surface area contributed by atoms with Crippen LogP contribution in [-0.4, -0.2) is 21.2 Å². The third-order valence-electron chi connectivity index (χ3n) is 3.51. The van der Waals surface area contributed by atoms with Crippen LogP contribution in [0.25, 0.3) is 0 Å². The van der Waals surface area contributed by atoms with Gasteiger partial charge in [0.1, 0.15) is 17.1 Å². The molecule has 2 aromatic heterocycles. The highest BCUT2D eigenvalue weighted by Gasteiger charge is 2.13. The van der Waals surface area contributed by atoms with E-state index in [1.54, 1.807) is 19.1 Å². The van der Waals surface area contributed by atoms with Crippen molar-refractivity contribution in [1.29, 1.82) is 0 Å². The predicted molar refractivity (Wildman–Crippen MR) is 85.3 cm³/mol. The molecule has 0 radical (unpaired) electrons. The first-order valence-electron chi connectivity index (χ1n) is 7.64. The number of hydrogen-bond donors (Lipinski definition) is 1. The standard InChI is InChI=1S/C17H14F2N4O3/c1-10-15(23-26-22-10)8-16(24)21-9-11-3-2-6-20-17(11)25-12-4-5-13(18)14(19)7-12/h2-7H,8-9H2,1H3,(H,21,24). The van der Waals surface area contributed by atoms with E-state index >= 15 is 0 Å². The molecule has 0 spiro atoms. The largest absolute Gasteiger partial charge is 0.439 e. The molecule has 0 saturated carbocycles. The smallest absolute Gasteiger partial charge is 0.226 e. The van der Waals surface area contributed by atoms with E-state index < -0.39 is 11.6 Å². The molecule has 0 fully saturated rings. The van der Waals surface area contributed by atoms with E-state index in [1.165, 1.54) is 12.3 Å². The first kappa shape index (κ1) is 17.5. The van der Waals surface area contributed by atoms with Crippen LogP contribution in [0.15, 0.2) is 41.2 Å². The lowest BCUT2D eigenvalue weighted by Gasteiger charge is -2.11. The highest BCUT2D eigenvalue weighted by molar-refractivity contribution is 5.78. The molecule has 1 aromatic carbocycles. The number of aromatic nitrogens is 3. The quantitative estimate of drug-likeness (QED) is 0.727.